The molecule has 1 nitrogen and oxygen atoms in total. The summed E-state index contributed by atoms with van der Waals surface area (Å²) >= 11 is 5.27. The second-order valence-corrected chi connectivity index (χ2v) is 7.56. The molecule has 1 unspecified atom stereocenters. The Morgan fingerprint density at radius 2 is 1.75 bits per heavy atom. The predicted octanol–water partition coefficient (Wildman–Crippen LogP) is 4.78. The smallest absolute Gasteiger partial charge is 0.0701 e. The number of benzene rings is 2. The summed E-state index contributed by atoms with van der Waals surface area (Å²) in [5.41, 5.74) is 7.67. The minimum atomic E-state index is 0.159. The maximum atomic E-state index is 6.33. The SMILES string of the molecule is NC(Cc1ccc(Br)s1)Cc1cccc2ccccc12. The molecule has 1 aromatic heterocycles. The molecule has 2 aromatic carbocycles. The van der Waals surface area contributed by atoms with Gasteiger partial charge >= 0.3 is 0 Å². The summed E-state index contributed by atoms with van der Waals surface area (Å²) < 4.78 is 1.17. The van der Waals surface area contributed by atoms with Gasteiger partial charge in [-0.3, -0.25) is 0 Å². The third-order valence-corrected chi connectivity index (χ3v) is 5.10. The molecule has 0 aliphatic heterocycles. The molecule has 1 heterocycles. The van der Waals surface area contributed by atoms with Crippen LogP contribution in [0, 0.1) is 0 Å². The van der Waals surface area contributed by atoms with Gasteiger partial charge in [0.2, 0.25) is 0 Å². The molecule has 102 valence electrons. The minimum absolute atomic E-state index is 0.159. The summed E-state index contributed by atoms with van der Waals surface area (Å²) in [5, 5.41) is 2.61. The summed E-state index contributed by atoms with van der Waals surface area (Å²) in [6.07, 6.45) is 1.84. The number of rotatable bonds is 4. The van der Waals surface area contributed by atoms with Crippen LogP contribution in [0.15, 0.2) is 58.4 Å². The molecule has 0 saturated carbocycles. The van der Waals surface area contributed by atoms with E-state index in [2.05, 4.69) is 70.5 Å². The standard InChI is InChI=1S/C17H16BrNS/c18-17-9-8-15(20-17)11-14(19)10-13-6-3-5-12-4-1-2-7-16(12)13/h1-9,14H,10-11,19H2. The van der Waals surface area contributed by atoms with Gasteiger partial charge in [-0.25, -0.2) is 0 Å². The predicted molar refractivity (Wildman–Crippen MR) is 91.4 cm³/mol. The minimum Gasteiger partial charge on any atom is -0.327 e. The second-order valence-electron chi connectivity index (χ2n) is 5.01. The van der Waals surface area contributed by atoms with Crippen molar-refractivity contribution in [2.45, 2.75) is 18.9 Å². The molecule has 0 radical (unpaired) electrons. The van der Waals surface area contributed by atoms with Crippen molar-refractivity contribution in [3.8, 4) is 0 Å². The fourth-order valence-electron chi connectivity index (χ4n) is 2.54. The number of hydrogen-bond donors (Lipinski definition) is 1. The van der Waals surface area contributed by atoms with Crippen LogP contribution >= 0.6 is 27.3 Å². The Morgan fingerprint density at radius 1 is 0.950 bits per heavy atom. The Labute approximate surface area is 131 Å². The van der Waals surface area contributed by atoms with Crippen molar-refractivity contribution < 1.29 is 0 Å². The number of hydrogen-bond acceptors (Lipinski definition) is 2. The average molecular weight is 346 g/mol. The summed E-state index contributed by atoms with van der Waals surface area (Å²) in [5.74, 6) is 0. The van der Waals surface area contributed by atoms with Gasteiger partial charge in [0.1, 0.15) is 0 Å². The van der Waals surface area contributed by atoms with Crippen molar-refractivity contribution in [3.05, 3.63) is 68.8 Å². The van der Waals surface area contributed by atoms with Gasteiger partial charge in [-0.05, 0) is 57.2 Å². The lowest BCUT2D eigenvalue weighted by molar-refractivity contribution is 0.673. The zero-order valence-electron chi connectivity index (χ0n) is 11.1. The van der Waals surface area contributed by atoms with Gasteiger partial charge in [-0.15, -0.1) is 11.3 Å². The number of halogens is 1. The molecular weight excluding hydrogens is 330 g/mol. The van der Waals surface area contributed by atoms with Crippen molar-refractivity contribution in [1.82, 2.24) is 0 Å². The van der Waals surface area contributed by atoms with Gasteiger partial charge in [0.15, 0.2) is 0 Å². The van der Waals surface area contributed by atoms with Gasteiger partial charge in [0, 0.05) is 10.9 Å². The normalized spacial score (nSPS) is 12.7. The van der Waals surface area contributed by atoms with Crippen LogP contribution in [0.2, 0.25) is 0 Å². The Kier molecular flexibility index (Phi) is 4.20. The Morgan fingerprint density at radius 3 is 2.55 bits per heavy atom. The third kappa shape index (κ3) is 3.11. The zero-order chi connectivity index (χ0) is 13.9. The largest absolute Gasteiger partial charge is 0.327 e. The van der Waals surface area contributed by atoms with Crippen molar-refractivity contribution in [3.63, 3.8) is 0 Å². The first-order chi connectivity index (χ1) is 9.72. The summed E-state index contributed by atoms with van der Waals surface area (Å²) in [6.45, 7) is 0. The molecule has 0 fully saturated rings. The van der Waals surface area contributed by atoms with E-state index in [0.717, 1.165) is 12.8 Å². The number of fused-ring (bicyclic) bond motifs is 1. The van der Waals surface area contributed by atoms with E-state index in [0.29, 0.717) is 0 Å². The van der Waals surface area contributed by atoms with E-state index >= 15 is 0 Å². The zero-order valence-corrected chi connectivity index (χ0v) is 13.5. The quantitative estimate of drug-likeness (QED) is 0.723. The first-order valence-corrected chi connectivity index (χ1v) is 8.30. The highest BCUT2D eigenvalue weighted by Gasteiger charge is 2.09. The van der Waals surface area contributed by atoms with Crippen LogP contribution in [-0.2, 0) is 12.8 Å². The van der Waals surface area contributed by atoms with Crippen molar-refractivity contribution in [2.75, 3.05) is 0 Å². The maximum Gasteiger partial charge on any atom is 0.0701 e. The summed E-state index contributed by atoms with van der Waals surface area (Å²) in [7, 11) is 0. The Hall–Kier alpha value is -1.16. The van der Waals surface area contributed by atoms with Crippen LogP contribution in [-0.4, -0.2) is 6.04 Å². The molecule has 20 heavy (non-hydrogen) atoms. The van der Waals surface area contributed by atoms with Gasteiger partial charge in [-0.1, -0.05) is 42.5 Å². The van der Waals surface area contributed by atoms with E-state index < -0.39 is 0 Å². The fourth-order valence-corrected chi connectivity index (χ4v) is 4.12. The molecule has 3 aromatic rings. The molecular formula is C17H16BrNS. The molecule has 3 heteroatoms. The van der Waals surface area contributed by atoms with Gasteiger partial charge < -0.3 is 5.73 Å². The lowest BCUT2D eigenvalue weighted by Crippen LogP contribution is -2.25. The lowest BCUT2D eigenvalue weighted by Gasteiger charge is -2.12. The highest BCUT2D eigenvalue weighted by atomic mass is 79.9. The first-order valence-electron chi connectivity index (χ1n) is 6.69. The van der Waals surface area contributed by atoms with Crippen LogP contribution in [0.4, 0.5) is 0 Å². The van der Waals surface area contributed by atoms with Crippen LogP contribution in [0.1, 0.15) is 10.4 Å². The van der Waals surface area contributed by atoms with E-state index in [1.54, 1.807) is 11.3 Å². The maximum absolute atomic E-state index is 6.33. The van der Waals surface area contributed by atoms with Gasteiger partial charge in [-0.2, -0.15) is 0 Å². The lowest BCUT2D eigenvalue weighted by atomic mass is 9.97. The molecule has 1 atom stereocenters. The Bertz CT molecular complexity index is 714. The summed E-state index contributed by atoms with van der Waals surface area (Å²) in [6, 6.07) is 19.4. The van der Waals surface area contributed by atoms with E-state index in [9.17, 15) is 0 Å². The van der Waals surface area contributed by atoms with Crippen molar-refractivity contribution in [2.24, 2.45) is 5.73 Å². The van der Waals surface area contributed by atoms with Gasteiger partial charge in [0.25, 0.3) is 0 Å². The molecule has 3 rings (SSSR count). The highest BCUT2D eigenvalue weighted by molar-refractivity contribution is 9.11. The van der Waals surface area contributed by atoms with Gasteiger partial charge in [0.05, 0.1) is 3.79 Å². The third-order valence-electron chi connectivity index (χ3n) is 3.45. The van der Waals surface area contributed by atoms with Crippen LogP contribution < -0.4 is 5.73 Å². The molecule has 0 bridgehead atoms. The second kappa shape index (κ2) is 6.08. The van der Waals surface area contributed by atoms with E-state index in [1.807, 2.05) is 0 Å². The molecule has 0 aliphatic carbocycles. The average Bonchev–Trinajstić information content (AvgIpc) is 2.84. The molecule has 0 aliphatic rings. The van der Waals surface area contributed by atoms with Crippen LogP contribution in [0.5, 0.6) is 0 Å². The monoisotopic (exact) mass is 345 g/mol. The first kappa shape index (κ1) is 13.8. The highest BCUT2D eigenvalue weighted by Crippen LogP contribution is 2.24. The van der Waals surface area contributed by atoms with E-state index in [4.69, 9.17) is 5.73 Å². The van der Waals surface area contributed by atoms with Crippen molar-refractivity contribution in [1.29, 1.82) is 0 Å². The number of nitrogens with two attached hydrogens (primary N) is 1. The molecule has 0 spiro atoms. The van der Waals surface area contributed by atoms with E-state index in [-0.39, 0.29) is 6.04 Å². The van der Waals surface area contributed by atoms with Crippen LogP contribution in [0.25, 0.3) is 10.8 Å². The van der Waals surface area contributed by atoms with E-state index in [1.165, 1.54) is 25.0 Å². The van der Waals surface area contributed by atoms with Crippen LogP contribution in [0.3, 0.4) is 0 Å². The van der Waals surface area contributed by atoms with Crippen molar-refractivity contribution >= 4 is 38.0 Å². The number of thiophene rings is 1. The molecule has 0 amide bonds. The fraction of sp³-hybridized carbons (Fsp3) is 0.176. The Balaban J connectivity index is 1.79. The topological polar surface area (TPSA) is 26.0 Å². The summed E-state index contributed by atoms with van der Waals surface area (Å²) in [4.78, 5) is 1.34. The molecule has 0 saturated heterocycles. The molecule has 2 N–H and O–H groups in total.